The summed E-state index contributed by atoms with van der Waals surface area (Å²) in [6, 6.07) is 6.78. The van der Waals surface area contributed by atoms with E-state index in [4.69, 9.17) is 33.2 Å². The lowest BCUT2D eigenvalue weighted by Crippen LogP contribution is -2.77. The van der Waals surface area contributed by atoms with Crippen LogP contribution in [0, 0.1) is 34.5 Å². The highest BCUT2D eigenvalue weighted by atomic mass is 16.6. The highest BCUT2D eigenvalue weighted by molar-refractivity contribution is 5.89. The van der Waals surface area contributed by atoms with Gasteiger partial charge in [-0.3, -0.25) is 9.69 Å². The molecule has 6 aliphatic rings. The summed E-state index contributed by atoms with van der Waals surface area (Å²) >= 11 is 0. The number of piperidine rings is 1. The Balaban J connectivity index is 1.14. The van der Waals surface area contributed by atoms with Crippen molar-refractivity contribution in [1.29, 1.82) is 0 Å². The van der Waals surface area contributed by atoms with E-state index in [1.165, 1.54) is 77.0 Å². The van der Waals surface area contributed by atoms with E-state index in [1.54, 1.807) is 52.7 Å². The number of ether oxygens (including phenoxy) is 7. The van der Waals surface area contributed by atoms with E-state index < -0.39 is 40.7 Å². The molecule has 0 aromatic heterocycles. The Labute approximate surface area is 372 Å². The molecule has 1 heterocycles. The van der Waals surface area contributed by atoms with Crippen molar-refractivity contribution in [2.24, 2.45) is 34.5 Å². The van der Waals surface area contributed by atoms with Gasteiger partial charge < -0.3 is 38.3 Å². The molecule has 6 fully saturated rings. The van der Waals surface area contributed by atoms with Gasteiger partial charge in [0.15, 0.2) is 0 Å². The van der Waals surface area contributed by atoms with Crippen molar-refractivity contribution >= 4 is 11.9 Å². The lowest BCUT2D eigenvalue weighted by molar-refractivity contribution is -0.287. The van der Waals surface area contributed by atoms with Crippen LogP contribution < -0.4 is 4.74 Å². The number of benzene rings is 1. The fraction of sp³-hybridized carbons (Fsp3) is 0.843. The van der Waals surface area contributed by atoms with Gasteiger partial charge in [-0.25, -0.2) is 4.79 Å². The normalized spacial score (nSPS) is 37.6. The molecule has 1 N–H and O–H groups in total. The second kappa shape index (κ2) is 20.5. The van der Waals surface area contributed by atoms with Crippen molar-refractivity contribution in [3.8, 4) is 5.75 Å². The van der Waals surface area contributed by atoms with Crippen LogP contribution in [-0.4, -0.2) is 119 Å². The standard InChI is InChI=1S/C51H81NO10/c1-8-10-11-12-13-14-15-16-17-18-19-20-21-22-23-24-40(53)62-50-32-39(59-6)49(55)31-37(41(50)46(49)61-47(54)35-25-27-36(57-4)28-26-35)51-38(58-5)29-30-48(34-56-3)33-52(9-2)45(51)42(50)43(60-7)44(48)51/h25-28,37-39,41-46,55H,8-24,29-34H2,1-7H3/t37?,38-,39-,41?,42-,43?,44?,45?,46?,48-,49-,50+,51-/m0/s1. The summed E-state index contributed by atoms with van der Waals surface area (Å²) in [5.74, 6) is -1.19. The Morgan fingerprint density at radius 2 is 1.37 bits per heavy atom. The molecular formula is C51H81NO10. The van der Waals surface area contributed by atoms with Crippen LogP contribution in [0.4, 0.5) is 0 Å². The molecule has 7 bridgehead atoms. The van der Waals surface area contributed by atoms with Crippen LogP contribution >= 0.6 is 0 Å². The summed E-state index contributed by atoms with van der Waals surface area (Å²) in [5.41, 5.74) is -3.07. The van der Waals surface area contributed by atoms with Gasteiger partial charge in [0.25, 0.3) is 0 Å². The zero-order valence-corrected chi connectivity index (χ0v) is 39.3. The minimum absolute atomic E-state index is 0.000499. The van der Waals surface area contributed by atoms with Gasteiger partial charge in [0, 0.05) is 82.5 Å². The van der Waals surface area contributed by atoms with Crippen LogP contribution in [0.25, 0.3) is 0 Å². The van der Waals surface area contributed by atoms with E-state index in [0.29, 0.717) is 37.2 Å². The van der Waals surface area contributed by atoms with Crippen molar-refractivity contribution in [3.63, 3.8) is 0 Å². The van der Waals surface area contributed by atoms with Crippen molar-refractivity contribution < 1.29 is 47.9 Å². The third kappa shape index (κ3) is 8.17. The Kier molecular flexibility index (Phi) is 15.8. The minimum Gasteiger partial charge on any atom is -0.497 e. The Morgan fingerprint density at radius 3 is 1.92 bits per heavy atom. The van der Waals surface area contributed by atoms with Gasteiger partial charge in [-0.15, -0.1) is 0 Å². The van der Waals surface area contributed by atoms with E-state index in [0.717, 1.165) is 45.2 Å². The summed E-state index contributed by atoms with van der Waals surface area (Å²) in [5, 5.41) is 13.2. The summed E-state index contributed by atoms with van der Waals surface area (Å²) in [6.07, 6.45) is 19.3. The molecule has 1 aliphatic heterocycles. The summed E-state index contributed by atoms with van der Waals surface area (Å²) in [6.45, 7) is 6.69. The smallest absolute Gasteiger partial charge is 0.338 e. The quantitative estimate of drug-likeness (QED) is 0.0710. The third-order valence-electron chi connectivity index (χ3n) is 17.3. The fourth-order valence-corrected chi connectivity index (χ4v) is 15.1. The molecule has 5 aliphatic carbocycles. The Bertz CT molecular complexity index is 1630. The molecule has 6 unspecified atom stereocenters. The molecule has 350 valence electrons. The molecular weight excluding hydrogens is 787 g/mol. The van der Waals surface area contributed by atoms with E-state index in [1.807, 2.05) is 7.11 Å². The second-order valence-corrected chi connectivity index (χ2v) is 20.2. The van der Waals surface area contributed by atoms with Gasteiger partial charge in [-0.1, -0.05) is 104 Å². The van der Waals surface area contributed by atoms with E-state index >= 15 is 0 Å². The minimum atomic E-state index is -1.52. The number of methoxy groups -OCH3 is 5. The maximum Gasteiger partial charge on any atom is 0.338 e. The van der Waals surface area contributed by atoms with Crippen molar-refractivity contribution in [2.45, 2.75) is 184 Å². The molecule has 5 saturated carbocycles. The van der Waals surface area contributed by atoms with Gasteiger partial charge in [0.2, 0.25) is 0 Å². The molecule has 11 heteroatoms. The van der Waals surface area contributed by atoms with Gasteiger partial charge in [0.1, 0.15) is 23.1 Å². The van der Waals surface area contributed by atoms with Gasteiger partial charge in [0.05, 0.1) is 37.6 Å². The predicted octanol–water partition coefficient (Wildman–Crippen LogP) is 8.96. The Hall–Kier alpha value is -2.28. The highest BCUT2D eigenvalue weighted by Crippen LogP contribution is 2.80. The van der Waals surface area contributed by atoms with E-state index in [-0.39, 0.29) is 47.4 Å². The molecule has 13 atom stereocenters. The summed E-state index contributed by atoms with van der Waals surface area (Å²) in [4.78, 5) is 31.4. The zero-order valence-electron chi connectivity index (χ0n) is 39.3. The number of fused-ring (bicyclic) bond motifs is 2. The SMILES string of the molecule is CCCCCCCCCCCCCCCCCC(=O)O[C@]12C[C@H](OC)[C@@]3(O)CC(C1C3OC(=O)c1ccc(OC)cc1)[C@@]13C4[C@@H]2C(OC)C1[C@@](COC)(CC[C@@H]3OC)CN4CC. The first-order valence-corrected chi connectivity index (χ1v) is 24.7. The first-order valence-electron chi connectivity index (χ1n) is 24.7. The molecule has 1 spiro atoms. The number of aliphatic hydroxyl groups is 1. The fourth-order valence-electron chi connectivity index (χ4n) is 15.1. The summed E-state index contributed by atoms with van der Waals surface area (Å²) < 4.78 is 45.0. The molecule has 1 aromatic carbocycles. The van der Waals surface area contributed by atoms with E-state index in [2.05, 4.69) is 18.7 Å². The maximum atomic E-state index is 14.6. The second-order valence-electron chi connectivity index (χ2n) is 20.2. The largest absolute Gasteiger partial charge is 0.497 e. The number of nitrogens with zero attached hydrogens (tertiary/aromatic N) is 1. The average Bonchev–Trinajstić information content (AvgIpc) is 3.66. The topological polar surface area (TPSA) is 122 Å². The highest BCUT2D eigenvalue weighted by Gasteiger charge is 2.90. The predicted molar refractivity (Wildman–Crippen MR) is 238 cm³/mol. The van der Waals surface area contributed by atoms with Crippen LogP contribution in [0.3, 0.4) is 0 Å². The first kappa shape index (κ1) is 47.7. The summed E-state index contributed by atoms with van der Waals surface area (Å²) in [7, 11) is 8.61. The lowest BCUT2D eigenvalue weighted by atomic mass is 9.43. The number of unbranched alkanes of at least 4 members (excludes halogenated alkanes) is 14. The van der Waals surface area contributed by atoms with Crippen LogP contribution in [0.1, 0.15) is 153 Å². The van der Waals surface area contributed by atoms with Crippen molar-refractivity contribution in [1.82, 2.24) is 4.90 Å². The zero-order chi connectivity index (χ0) is 44.1. The first-order chi connectivity index (χ1) is 30.1. The van der Waals surface area contributed by atoms with Crippen LogP contribution in [-0.2, 0) is 33.2 Å². The number of carbonyl (C=O) groups is 2. The van der Waals surface area contributed by atoms with Crippen LogP contribution in [0.5, 0.6) is 5.75 Å². The molecule has 7 rings (SSSR count). The maximum absolute atomic E-state index is 14.6. The van der Waals surface area contributed by atoms with E-state index in [9.17, 15) is 14.7 Å². The number of esters is 2. The monoisotopic (exact) mass is 868 g/mol. The third-order valence-corrected chi connectivity index (χ3v) is 17.3. The number of hydrogen-bond donors (Lipinski definition) is 1. The van der Waals surface area contributed by atoms with Gasteiger partial charge >= 0.3 is 11.9 Å². The van der Waals surface area contributed by atoms with Crippen LogP contribution in [0.15, 0.2) is 24.3 Å². The number of hydrogen-bond acceptors (Lipinski definition) is 11. The van der Waals surface area contributed by atoms with Crippen molar-refractivity contribution in [3.05, 3.63) is 29.8 Å². The van der Waals surface area contributed by atoms with Crippen LogP contribution in [0.2, 0.25) is 0 Å². The Morgan fingerprint density at radius 1 is 0.758 bits per heavy atom. The van der Waals surface area contributed by atoms with Crippen molar-refractivity contribution in [2.75, 3.05) is 55.2 Å². The molecule has 11 nitrogen and oxygen atoms in total. The molecule has 1 aromatic rings. The molecule has 62 heavy (non-hydrogen) atoms. The van der Waals surface area contributed by atoms with Gasteiger partial charge in [-0.05, 0) is 62.4 Å². The molecule has 0 amide bonds. The molecule has 0 radical (unpaired) electrons. The average molecular weight is 868 g/mol. The molecule has 1 saturated heterocycles. The van der Waals surface area contributed by atoms with Gasteiger partial charge in [-0.2, -0.15) is 0 Å². The number of likely N-dealkylation sites (tertiary alicyclic amines) is 1. The number of carbonyl (C=O) groups excluding carboxylic acids is 2. The lowest BCUT2D eigenvalue weighted by Gasteiger charge is -2.69. The number of rotatable bonds is 26.